The lowest BCUT2D eigenvalue weighted by molar-refractivity contribution is -0.160. The van der Waals surface area contributed by atoms with Gasteiger partial charge in [0.2, 0.25) is 0 Å². The van der Waals surface area contributed by atoms with Crippen molar-refractivity contribution in [2.45, 2.75) is 61.4 Å². The zero-order valence-electron chi connectivity index (χ0n) is 21.5. The Bertz CT molecular complexity index is 1230. The zero-order valence-corrected chi connectivity index (χ0v) is 22.4. The maximum atomic E-state index is 13.6. The van der Waals surface area contributed by atoms with E-state index in [2.05, 4.69) is 10.2 Å². The maximum absolute atomic E-state index is 13.6. The number of rotatable bonds is 5. The summed E-state index contributed by atoms with van der Waals surface area (Å²) in [5, 5.41) is 12.5. The van der Waals surface area contributed by atoms with Crippen LogP contribution in [0.25, 0.3) is 0 Å². The Morgan fingerprint density at radius 3 is 2.08 bits per heavy atom. The summed E-state index contributed by atoms with van der Waals surface area (Å²) < 4.78 is 4.95. The fraction of sp³-hybridized carbons (Fsp3) is 0.429. The molecule has 2 fully saturated rings. The van der Waals surface area contributed by atoms with Crippen LogP contribution in [-0.2, 0) is 14.3 Å². The van der Waals surface area contributed by atoms with Gasteiger partial charge >= 0.3 is 11.9 Å². The average molecular weight is 538 g/mol. The van der Waals surface area contributed by atoms with Crippen molar-refractivity contribution in [3.8, 4) is 0 Å². The number of carboxylic acid groups (broad SMARTS) is 1. The van der Waals surface area contributed by atoms with Gasteiger partial charge in [0.15, 0.2) is 6.04 Å². The Hall–Kier alpha value is -3.37. The molecule has 10 heteroatoms. The van der Waals surface area contributed by atoms with E-state index in [9.17, 15) is 24.3 Å². The molecule has 38 heavy (non-hydrogen) atoms. The number of thioether (sulfide) groups is 1. The Balaban J connectivity index is 1.46. The van der Waals surface area contributed by atoms with Gasteiger partial charge in [-0.3, -0.25) is 24.6 Å². The van der Waals surface area contributed by atoms with Crippen molar-refractivity contribution in [2.75, 3.05) is 18.0 Å². The van der Waals surface area contributed by atoms with Crippen molar-refractivity contribution >= 4 is 41.2 Å². The molecule has 2 saturated heterocycles. The molecule has 0 radical (unpaired) electrons. The third-order valence-corrected chi connectivity index (χ3v) is 9.00. The number of hydrogen-bond donors (Lipinski definition) is 2. The number of para-hydroxylation sites is 1. The molecule has 1 spiro atoms. The number of nitrogens with one attached hydrogen (secondary N) is 1. The summed E-state index contributed by atoms with van der Waals surface area (Å²) >= 11 is 1.33. The number of carboxylic acids is 1. The molecule has 0 aliphatic carbocycles. The van der Waals surface area contributed by atoms with Crippen LogP contribution in [-0.4, -0.2) is 74.7 Å². The number of ether oxygens (including phenoxy) is 1. The summed E-state index contributed by atoms with van der Waals surface area (Å²) in [6.45, 7) is 6.40. The molecule has 3 aliphatic heterocycles. The number of carbonyl (C=O) groups excluding carboxylic acids is 3. The summed E-state index contributed by atoms with van der Waals surface area (Å²) in [6, 6.07) is 14.1. The topological polar surface area (TPSA) is 116 Å². The van der Waals surface area contributed by atoms with Gasteiger partial charge in [0.1, 0.15) is 11.6 Å². The number of nitrogens with zero attached hydrogens (tertiary/aromatic N) is 2. The molecular formula is C28H31N3O6S. The lowest BCUT2D eigenvalue weighted by Gasteiger charge is -2.41. The molecular weight excluding hydrogens is 506 g/mol. The number of aliphatic carboxylic acids is 1. The van der Waals surface area contributed by atoms with E-state index in [0.29, 0.717) is 25.9 Å². The Labute approximate surface area is 225 Å². The number of esters is 1. The molecule has 2 amide bonds. The summed E-state index contributed by atoms with van der Waals surface area (Å²) in [5.41, 5.74) is 0.631. The van der Waals surface area contributed by atoms with Crippen molar-refractivity contribution < 1.29 is 29.0 Å². The molecule has 0 bridgehead atoms. The van der Waals surface area contributed by atoms with E-state index in [1.54, 1.807) is 45.0 Å². The standard InChI is InChI=1S/C28H31N3O6S/c1-27(2,3)37-26(36)20(31-23(32)18-11-7-8-12-19(18)24(31)33)22-29-21(25(34)35)28(38-22)13-15-30(16-14-28)17-9-5-4-6-10-17/h4-12,20-22,29H,13-16H2,1-3H3,(H,34,35). The van der Waals surface area contributed by atoms with Gasteiger partial charge in [0, 0.05) is 23.5 Å². The second kappa shape index (κ2) is 9.74. The lowest BCUT2D eigenvalue weighted by atomic mass is 9.88. The fourth-order valence-corrected chi connectivity index (χ4v) is 7.29. The van der Waals surface area contributed by atoms with E-state index in [1.807, 2.05) is 30.3 Å². The first-order valence-corrected chi connectivity index (χ1v) is 13.6. The SMILES string of the molecule is CC(C)(C)OC(=O)C(C1NC(C(=O)O)C2(CCN(c3ccccc3)CC2)S1)N1C(=O)c2ccccc2C1=O. The Kier molecular flexibility index (Phi) is 6.73. The second-order valence-corrected chi connectivity index (χ2v) is 12.4. The van der Waals surface area contributed by atoms with E-state index in [-0.39, 0.29) is 11.1 Å². The summed E-state index contributed by atoms with van der Waals surface area (Å²) in [6.07, 6.45) is 1.10. The van der Waals surface area contributed by atoms with E-state index in [1.165, 1.54) is 11.8 Å². The first-order chi connectivity index (χ1) is 18.0. The summed E-state index contributed by atoms with van der Waals surface area (Å²) in [7, 11) is 0. The van der Waals surface area contributed by atoms with E-state index < -0.39 is 51.6 Å². The van der Waals surface area contributed by atoms with Crippen LogP contribution >= 0.6 is 11.8 Å². The van der Waals surface area contributed by atoms with Gasteiger partial charge in [-0.15, -0.1) is 11.8 Å². The van der Waals surface area contributed by atoms with E-state index in [4.69, 9.17) is 4.74 Å². The van der Waals surface area contributed by atoms with Crippen LogP contribution in [0.1, 0.15) is 54.3 Å². The molecule has 5 rings (SSSR count). The highest BCUT2D eigenvalue weighted by molar-refractivity contribution is 8.01. The van der Waals surface area contributed by atoms with Crippen molar-refractivity contribution in [3.05, 3.63) is 65.7 Å². The van der Waals surface area contributed by atoms with Crippen molar-refractivity contribution in [1.82, 2.24) is 10.2 Å². The molecule has 2 N–H and O–H groups in total. The van der Waals surface area contributed by atoms with Crippen LogP contribution in [0.15, 0.2) is 54.6 Å². The minimum absolute atomic E-state index is 0.217. The van der Waals surface area contributed by atoms with Gasteiger partial charge in [-0.05, 0) is 57.9 Å². The average Bonchev–Trinajstić information content (AvgIpc) is 3.35. The lowest BCUT2D eigenvalue weighted by Crippen LogP contribution is -2.57. The molecule has 3 heterocycles. The van der Waals surface area contributed by atoms with Crippen LogP contribution in [0.5, 0.6) is 0 Å². The predicted molar refractivity (Wildman–Crippen MR) is 143 cm³/mol. The van der Waals surface area contributed by atoms with Crippen LogP contribution in [0, 0.1) is 0 Å². The predicted octanol–water partition coefficient (Wildman–Crippen LogP) is 3.15. The van der Waals surface area contributed by atoms with Crippen LogP contribution in [0.2, 0.25) is 0 Å². The molecule has 200 valence electrons. The molecule has 2 aromatic rings. The molecule has 3 unspecified atom stereocenters. The van der Waals surface area contributed by atoms with Crippen LogP contribution in [0.4, 0.5) is 5.69 Å². The Morgan fingerprint density at radius 1 is 1.00 bits per heavy atom. The van der Waals surface area contributed by atoms with Gasteiger partial charge in [0.05, 0.1) is 16.5 Å². The zero-order chi connectivity index (χ0) is 27.2. The first kappa shape index (κ1) is 26.2. The van der Waals surface area contributed by atoms with Gasteiger partial charge < -0.3 is 14.7 Å². The molecule has 9 nitrogen and oxygen atoms in total. The van der Waals surface area contributed by atoms with Gasteiger partial charge in [-0.2, -0.15) is 0 Å². The molecule has 0 aromatic heterocycles. The number of anilines is 1. The van der Waals surface area contributed by atoms with Crippen molar-refractivity contribution in [2.24, 2.45) is 0 Å². The first-order valence-electron chi connectivity index (χ1n) is 12.7. The number of fused-ring (bicyclic) bond motifs is 1. The molecule has 2 aromatic carbocycles. The van der Waals surface area contributed by atoms with Gasteiger partial charge in [0.25, 0.3) is 11.8 Å². The number of benzene rings is 2. The molecule has 0 saturated carbocycles. The minimum atomic E-state index is -1.33. The molecule has 3 atom stereocenters. The highest BCUT2D eigenvalue weighted by Crippen LogP contribution is 2.48. The van der Waals surface area contributed by atoms with Crippen molar-refractivity contribution in [1.29, 1.82) is 0 Å². The van der Waals surface area contributed by atoms with Crippen LogP contribution < -0.4 is 10.2 Å². The summed E-state index contributed by atoms with van der Waals surface area (Å²) in [4.78, 5) is 56.0. The number of piperidine rings is 1. The van der Waals surface area contributed by atoms with Crippen molar-refractivity contribution in [3.63, 3.8) is 0 Å². The maximum Gasteiger partial charge on any atom is 0.332 e. The number of hydrogen-bond acceptors (Lipinski definition) is 8. The molecule has 3 aliphatic rings. The van der Waals surface area contributed by atoms with E-state index >= 15 is 0 Å². The fourth-order valence-electron chi connectivity index (χ4n) is 5.50. The quantitative estimate of drug-likeness (QED) is 0.438. The highest BCUT2D eigenvalue weighted by atomic mass is 32.2. The highest BCUT2D eigenvalue weighted by Gasteiger charge is 2.58. The third kappa shape index (κ3) is 4.67. The smallest absolute Gasteiger partial charge is 0.332 e. The monoisotopic (exact) mass is 537 g/mol. The largest absolute Gasteiger partial charge is 0.480 e. The Morgan fingerprint density at radius 2 is 1.55 bits per heavy atom. The van der Waals surface area contributed by atoms with Gasteiger partial charge in [-0.25, -0.2) is 4.79 Å². The number of amides is 2. The number of imide groups is 1. The third-order valence-electron chi connectivity index (χ3n) is 7.24. The normalized spacial score (nSPS) is 23.4. The number of carbonyl (C=O) groups is 4. The van der Waals surface area contributed by atoms with E-state index in [0.717, 1.165) is 10.6 Å². The minimum Gasteiger partial charge on any atom is -0.480 e. The summed E-state index contributed by atoms with van der Waals surface area (Å²) in [5.74, 6) is -2.95. The second-order valence-electron chi connectivity index (χ2n) is 10.9. The van der Waals surface area contributed by atoms with Crippen LogP contribution in [0.3, 0.4) is 0 Å². The van der Waals surface area contributed by atoms with Gasteiger partial charge in [-0.1, -0.05) is 30.3 Å².